The smallest absolute Gasteiger partial charge is 0.328 e. The summed E-state index contributed by atoms with van der Waals surface area (Å²) in [7, 11) is 0. The van der Waals surface area contributed by atoms with E-state index in [0.29, 0.717) is 11.5 Å². The van der Waals surface area contributed by atoms with Gasteiger partial charge in [-0.3, -0.25) is 5.32 Å². The van der Waals surface area contributed by atoms with Crippen molar-refractivity contribution in [2.45, 2.75) is 25.3 Å². The summed E-state index contributed by atoms with van der Waals surface area (Å²) in [5.74, 6) is -0.289. The summed E-state index contributed by atoms with van der Waals surface area (Å²) < 4.78 is 1.51. The molecule has 0 amide bonds. The van der Waals surface area contributed by atoms with Crippen molar-refractivity contribution >= 4 is 5.97 Å². The Hall–Kier alpha value is -2.28. The number of nitrogens with zero attached hydrogens (tertiary/aromatic N) is 4. The van der Waals surface area contributed by atoms with Crippen LogP contribution in [0.3, 0.4) is 0 Å². The van der Waals surface area contributed by atoms with Gasteiger partial charge in [0.1, 0.15) is 11.9 Å². The van der Waals surface area contributed by atoms with Crippen LogP contribution in [0.4, 0.5) is 0 Å². The van der Waals surface area contributed by atoms with Crippen LogP contribution < -0.4 is 5.32 Å². The molecule has 1 aliphatic rings. The lowest BCUT2D eigenvalue weighted by atomic mass is 9.91. The maximum Gasteiger partial charge on any atom is 0.328 e. The Morgan fingerprint density at radius 3 is 2.95 bits per heavy atom. The number of tetrazole rings is 1. The molecule has 0 saturated heterocycles. The summed E-state index contributed by atoms with van der Waals surface area (Å²) in [4.78, 5) is 11.7. The van der Waals surface area contributed by atoms with Gasteiger partial charge in [-0.2, -0.15) is 0 Å². The molecule has 7 nitrogen and oxygen atoms in total. The topological polar surface area (TPSA) is 92.9 Å². The molecule has 1 aliphatic carbocycles. The van der Waals surface area contributed by atoms with Crippen LogP contribution in [0.2, 0.25) is 0 Å². The van der Waals surface area contributed by atoms with Crippen molar-refractivity contribution in [2.75, 3.05) is 6.54 Å². The number of aromatic nitrogens is 4. The maximum absolute atomic E-state index is 11.7. The molecular weight excluding hydrogens is 270 g/mol. The molecule has 0 bridgehead atoms. The molecule has 1 unspecified atom stereocenters. The first kappa shape index (κ1) is 13.7. The molecule has 2 aromatic rings. The summed E-state index contributed by atoms with van der Waals surface area (Å²) >= 11 is 0. The van der Waals surface area contributed by atoms with Crippen LogP contribution in [-0.2, 0) is 10.3 Å². The van der Waals surface area contributed by atoms with Gasteiger partial charge in [-0.15, -0.1) is 5.10 Å². The molecule has 21 heavy (non-hydrogen) atoms. The highest BCUT2D eigenvalue weighted by Gasteiger charge is 2.36. The van der Waals surface area contributed by atoms with Gasteiger partial charge in [-0.1, -0.05) is 12.1 Å². The summed E-state index contributed by atoms with van der Waals surface area (Å²) in [6.07, 6.45) is 3.83. The molecule has 1 fully saturated rings. The number of rotatable bonds is 6. The number of carboxylic acids is 1. The first-order valence-electron chi connectivity index (χ1n) is 6.92. The average Bonchev–Trinajstić information content (AvgIpc) is 3.16. The van der Waals surface area contributed by atoms with Gasteiger partial charge in [0.2, 0.25) is 0 Å². The molecule has 110 valence electrons. The number of aliphatic carboxylic acids is 1. The maximum atomic E-state index is 11.7. The predicted molar refractivity (Wildman–Crippen MR) is 74.9 cm³/mol. The van der Waals surface area contributed by atoms with Crippen molar-refractivity contribution in [2.24, 2.45) is 5.92 Å². The average molecular weight is 287 g/mol. The van der Waals surface area contributed by atoms with Crippen LogP contribution in [0.15, 0.2) is 30.6 Å². The normalized spacial score (nSPS) is 17.4. The van der Waals surface area contributed by atoms with Crippen molar-refractivity contribution in [3.05, 3.63) is 36.2 Å². The molecule has 1 atom stereocenters. The minimum absolute atomic E-state index is 0.603. The quantitative estimate of drug-likeness (QED) is 0.822. The number of benzene rings is 1. The zero-order chi connectivity index (χ0) is 14.9. The first-order valence-corrected chi connectivity index (χ1v) is 6.92. The molecular formula is C14H17N5O2. The third-order valence-corrected chi connectivity index (χ3v) is 3.91. The number of hydrogen-bond donors (Lipinski definition) is 2. The van der Waals surface area contributed by atoms with Crippen LogP contribution >= 0.6 is 0 Å². The van der Waals surface area contributed by atoms with Crippen LogP contribution in [0.1, 0.15) is 25.3 Å². The second-order valence-electron chi connectivity index (χ2n) is 5.56. The highest BCUT2D eigenvalue weighted by atomic mass is 16.4. The van der Waals surface area contributed by atoms with E-state index in [-0.39, 0.29) is 0 Å². The Kier molecular flexibility index (Phi) is 3.42. The lowest BCUT2D eigenvalue weighted by Gasteiger charge is -2.27. The van der Waals surface area contributed by atoms with Gasteiger partial charge in [0.05, 0.1) is 5.69 Å². The summed E-state index contributed by atoms with van der Waals surface area (Å²) in [5, 5.41) is 23.8. The van der Waals surface area contributed by atoms with Gasteiger partial charge < -0.3 is 5.11 Å². The lowest BCUT2D eigenvalue weighted by molar-refractivity contribution is -0.144. The van der Waals surface area contributed by atoms with Gasteiger partial charge in [0, 0.05) is 0 Å². The van der Waals surface area contributed by atoms with Gasteiger partial charge in [0.25, 0.3) is 0 Å². The fourth-order valence-electron chi connectivity index (χ4n) is 2.21. The van der Waals surface area contributed by atoms with Crippen LogP contribution in [0.5, 0.6) is 0 Å². The Labute approximate surface area is 122 Å². The highest BCUT2D eigenvalue weighted by Crippen LogP contribution is 2.30. The molecule has 3 rings (SSSR count). The second kappa shape index (κ2) is 5.25. The number of nitrogens with one attached hydrogen (secondary N) is 1. The predicted octanol–water partition coefficient (Wildman–Crippen LogP) is 0.962. The number of carbonyl (C=O) groups is 1. The molecule has 0 aliphatic heterocycles. The number of hydrogen-bond acceptors (Lipinski definition) is 5. The summed E-state index contributed by atoms with van der Waals surface area (Å²) in [6.45, 7) is 2.41. The first-order chi connectivity index (χ1) is 10.1. The minimum Gasteiger partial charge on any atom is -0.480 e. The van der Waals surface area contributed by atoms with E-state index in [9.17, 15) is 9.90 Å². The van der Waals surface area contributed by atoms with Crippen molar-refractivity contribution < 1.29 is 9.90 Å². The molecule has 1 saturated carbocycles. The van der Waals surface area contributed by atoms with Crippen molar-refractivity contribution in [3.63, 3.8) is 0 Å². The van der Waals surface area contributed by atoms with Crippen LogP contribution in [-0.4, -0.2) is 37.8 Å². The zero-order valence-corrected chi connectivity index (χ0v) is 11.7. The van der Waals surface area contributed by atoms with E-state index in [1.54, 1.807) is 13.0 Å². The Morgan fingerprint density at radius 2 is 2.33 bits per heavy atom. The van der Waals surface area contributed by atoms with Crippen molar-refractivity contribution in [3.8, 4) is 5.69 Å². The van der Waals surface area contributed by atoms with Gasteiger partial charge in [-0.25, -0.2) is 9.48 Å². The Morgan fingerprint density at radius 1 is 1.52 bits per heavy atom. The fraction of sp³-hybridized carbons (Fsp3) is 0.429. The zero-order valence-electron chi connectivity index (χ0n) is 11.7. The molecule has 0 radical (unpaired) electrons. The fourth-order valence-corrected chi connectivity index (χ4v) is 2.21. The molecule has 1 aromatic carbocycles. The standard InChI is InChI=1S/C14H17N5O2/c1-14(13(20)21,15-8-10-5-6-10)11-3-2-4-12(7-11)19-9-16-17-18-19/h2-4,7,9-10,15H,5-6,8H2,1H3,(H,20,21). The van der Waals surface area contributed by atoms with Gasteiger partial charge in [0.15, 0.2) is 0 Å². The van der Waals surface area contributed by atoms with Gasteiger partial charge >= 0.3 is 5.97 Å². The van der Waals surface area contributed by atoms with E-state index >= 15 is 0 Å². The van der Waals surface area contributed by atoms with E-state index in [1.165, 1.54) is 23.9 Å². The molecule has 1 heterocycles. The second-order valence-corrected chi connectivity index (χ2v) is 5.56. The monoisotopic (exact) mass is 287 g/mol. The van der Waals surface area contributed by atoms with Crippen LogP contribution in [0, 0.1) is 5.92 Å². The van der Waals surface area contributed by atoms with Crippen molar-refractivity contribution in [1.82, 2.24) is 25.5 Å². The van der Waals surface area contributed by atoms with E-state index in [2.05, 4.69) is 20.8 Å². The van der Waals surface area contributed by atoms with Crippen LogP contribution in [0.25, 0.3) is 5.69 Å². The molecule has 0 spiro atoms. The molecule has 7 heteroatoms. The Bertz CT molecular complexity index is 639. The summed E-state index contributed by atoms with van der Waals surface area (Å²) in [5.41, 5.74) is 0.300. The van der Waals surface area contributed by atoms with E-state index in [0.717, 1.165) is 12.2 Å². The minimum atomic E-state index is -1.12. The molecule has 2 N–H and O–H groups in total. The third kappa shape index (κ3) is 2.78. The largest absolute Gasteiger partial charge is 0.480 e. The third-order valence-electron chi connectivity index (χ3n) is 3.91. The highest BCUT2D eigenvalue weighted by molar-refractivity contribution is 5.80. The van der Waals surface area contributed by atoms with Gasteiger partial charge in [-0.05, 0) is 60.4 Å². The lowest BCUT2D eigenvalue weighted by Crippen LogP contribution is -2.47. The molecule has 1 aromatic heterocycles. The number of carboxylic acid groups (broad SMARTS) is 1. The Balaban J connectivity index is 1.91. The SMILES string of the molecule is CC(NCC1CC1)(C(=O)O)c1cccc(-n2cnnn2)c1. The van der Waals surface area contributed by atoms with Crippen molar-refractivity contribution in [1.29, 1.82) is 0 Å². The van der Waals surface area contributed by atoms with E-state index in [1.807, 2.05) is 18.2 Å². The summed E-state index contributed by atoms with van der Waals surface area (Å²) in [6, 6.07) is 7.25. The van der Waals surface area contributed by atoms with E-state index < -0.39 is 11.5 Å². The van der Waals surface area contributed by atoms with E-state index in [4.69, 9.17) is 0 Å².